The summed E-state index contributed by atoms with van der Waals surface area (Å²) in [6.45, 7) is 7.11. The zero-order chi connectivity index (χ0) is 14.0. The van der Waals surface area contributed by atoms with Crippen LogP contribution < -0.4 is 10.2 Å². The van der Waals surface area contributed by atoms with E-state index in [1.807, 2.05) is 7.05 Å². The van der Waals surface area contributed by atoms with Crippen LogP contribution in [0, 0.1) is 6.92 Å². The molecule has 0 aliphatic carbocycles. The molecule has 106 valence electrons. The van der Waals surface area contributed by atoms with E-state index in [-0.39, 0.29) is 6.10 Å². The van der Waals surface area contributed by atoms with Crippen molar-refractivity contribution in [2.24, 2.45) is 0 Å². The first kappa shape index (κ1) is 14.1. The van der Waals surface area contributed by atoms with E-state index >= 15 is 0 Å². The van der Waals surface area contributed by atoms with Crippen LogP contribution in [0.5, 0.6) is 0 Å². The maximum atomic E-state index is 5.66. The van der Waals surface area contributed by atoms with Gasteiger partial charge in [-0.3, -0.25) is 0 Å². The van der Waals surface area contributed by atoms with Crippen LogP contribution in [0.1, 0.15) is 31.7 Å². The van der Waals surface area contributed by atoms with Crippen LogP contribution in [0.25, 0.3) is 0 Å². The van der Waals surface area contributed by atoms with Crippen molar-refractivity contribution in [2.45, 2.75) is 45.8 Å². The Bertz CT molecular complexity index is 449. The van der Waals surface area contributed by atoms with E-state index in [2.05, 4.69) is 43.0 Å². The minimum atomic E-state index is 0.252. The number of aryl methyl sites for hydroxylation is 1. The molecule has 1 fully saturated rings. The van der Waals surface area contributed by atoms with Crippen molar-refractivity contribution >= 4 is 11.6 Å². The number of hydrogen-bond acceptors (Lipinski definition) is 5. The van der Waals surface area contributed by atoms with Crippen LogP contribution in [-0.4, -0.2) is 42.8 Å². The van der Waals surface area contributed by atoms with Gasteiger partial charge < -0.3 is 15.0 Å². The van der Waals surface area contributed by atoms with Gasteiger partial charge in [-0.05, 0) is 20.3 Å². The highest BCUT2D eigenvalue weighted by molar-refractivity contribution is 5.58. The average Bonchev–Trinajstić information content (AvgIpc) is 2.84. The predicted molar refractivity (Wildman–Crippen MR) is 77.9 cm³/mol. The summed E-state index contributed by atoms with van der Waals surface area (Å²) in [5.41, 5.74) is 1.10. The molecule has 1 aliphatic rings. The number of hydrogen-bond donors (Lipinski definition) is 1. The van der Waals surface area contributed by atoms with Crippen molar-refractivity contribution in [2.75, 3.05) is 30.9 Å². The smallest absolute Gasteiger partial charge is 0.137 e. The molecule has 2 heterocycles. The Hall–Kier alpha value is -1.36. The Labute approximate surface area is 115 Å². The summed E-state index contributed by atoms with van der Waals surface area (Å²) in [5.74, 6) is 2.81. The molecule has 1 N–H and O–H groups in total. The third-order valence-electron chi connectivity index (χ3n) is 3.89. The zero-order valence-corrected chi connectivity index (χ0v) is 12.5. The van der Waals surface area contributed by atoms with Crippen molar-refractivity contribution in [1.29, 1.82) is 0 Å². The first-order chi connectivity index (χ1) is 9.08. The van der Waals surface area contributed by atoms with Gasteiger partial charge in [-0.15, -0.1) is 0 Å². The number of likely N-dealkylation sites (N-methyl/N-ethyl adjacent to an activating group) is 1. The molecule has 0 spiro atoms. The number of aromatic nitrogens is 2. The fraction of sp³-hybridized carbons (Fsp3) is 0.714. The quantitative estimate of drug-likeness (QED) is 0.901. The second-order valence-electron chi connectivity index (χ2n) is 5.08. The van der Waals surface area contributed by atoms with E-state index in [1.165, 1.54) is 0 Å². The lowest BCUT2D eigenvalue weighted by atomic mass is 10.1. The Morgan fingerprint density at radius 3 is 2.68 bits per heavy atom. The van der Waals surface area contributed by atoms with E-state index in [9.17, 15) is 0 Å². The van der Waals surface area contributed by atoms with Crippen molar-refractivity contribution in [3.63, 3.8) is 0 Å². The minimum absolute atomic E-state index is 0.252. The fourth-order valence-corrected chi connectivity index (χ4v) is 2.68. The van der Waals surface area contributed by atoms with Gasteiger partial charge in [0.05, 0.1) is 12.1 Å². The molecule has 19 heavy (non-hydrogen) atoms. The van der Waals surface area contributed by atoms with Gasteiger partial charge in [0.2, 0.25) is 0 Å². The molecule has 1 aliphatic heterocycles. The molecule has 0 aromatic carbocycles. The molecule has 1 aromatic heterocycles. The van der Waals surface area contributed by atoms with E-state index in [1.54, 1.807) is 0 Å². The third-order valence-corrected chi connectivity index (χ3v) is 3.89. The second kappa shape index (κ2) is 5.74. The van der Waals surface area contributed by atoms with Gasteiger partial charge in [0.25, 0.3) is 0 Å². The summed E-state index contributed by atoms with van der Waals surface area (Å²) < 4.78 is 5.66. The van der Waals surface area contributed by atoms with E-state index < -0.39 is 0 Å². The standard InChI is InChI=1S/C14H24N4O/c1-6-12-16-13(15-4)9(2)14(17-12)18(5)11-7-8-19-10(11)3/h10-11H,6-8H2,1-5H3,(H,15,16,17). The highest BCUT2D eigenvalue weighted by Gasteiger charge is 2.30. The first-order valence-electron chi connectivity index (χ1n) is 6.98. The Morgan fingerprint density at radius 1 is 1.42 bits per heavy atom. The van der Waals surface area contributed by atoms with Crippen LogP contribution in [0.3, 0.4) is 0 Å². The number of anilines is 2. The SMILES string of the molecule is CCc1nc(NC)c(C)c(N(C)C2CCOC2C)n1. The molecular formula is C14H24N4O. The molecule has 1 saturated heterocycles. The molecule has 0 radical (unpaired) electrons. The Balaban J connectivity index is 2.37. The monoisotopic (exact) mass is 264 g/mol. The van der Waals surface area contributed by atoms with Crippen LogP contribution in [0.15, 0.2) is 0 Å². The maximum Gasteiger partial charge on any atom is 0.137 e. The van der Waals surface area contributed by atoms with E-state index in [0.717, 1.165) is 42.5 Å². The Kier molecular flexibility index (Phi) is 4.24. The van der Waals surface area contributed by atoms with Gasteiger partial charge in [-0.1, -0.05) is 6.92 Å². The number of nitrogens with zero attached hydrogens (tertiary/aromatic N) is 3. The molecule has 5 heteroatoms. The van der Waals surface area contributed by atoms with Crippen LogP contribution in [-0.2, 0) is 11.2 Å². The van der Waals surface area contributed by atoms with Gasteiger partial charge in [0, 0.05) is 32.7 Å². The van der Waals surface area contributed by atoms with Gasteiger partial charge in [0.1, 0.15) is 17.5 Å². The van der Waals surface area contributed by atoms with Gasteiger partial charge >= 0.3 is 0 Å². The average molecular weight is 264 g/mol. The van der Waals surface area contributed by atoms with Crippen molar-refractivity contribution < 1.29 is 4.74 Å². The molecule has 1 aromatic rings. The molecule has 2 atom stereocenters. The fourth-order valence-electron chi connectivity index (χ4n) is 2.68. The lowest BCUT2D eigenvalue weighted by molar-refractivity contribution is 0.118. The largest absolute Gasteiger partial charge is 0.376 e. The molecule has 0 amide bonds. The maximum absolute atomic E-state index is 5.66. The molecule has 2 unspecified atom stereocenters. The van der Waals surface area contributed by atoms with Crippen LogP contribution in [0.2, 0.25) is 0 Å². The summed E-state index contributed by atoms with van der Waals surface area (Å²) in [6.07, 6.45) is 2.15. The summed E-state index contributed by atoms with van der Waals surface area (Å²) in [7, 11) is 4.00. The Morgan fingerprint density at radius 2 is 2.16 bits per heavy atom. The lowest BCUT2D eigenvalue weighted by Gasteiger charge is -2.29. The third kappa shape index (κ3) is 2.66. The normalized spacial score (nSPS) is 22.6. The molecular weight excluding hydrogens is 240 g/mol. The van der Waals surface area contributed by atoms with Gasteiger partial charge in [-0.2, -0.15) is 0 Å². The van der Waals surface area contributed by atoms with Crippen molar-refractivity contribution in [1.82, 2.24) is 9.97 Å². The number of ether oxygens (including phenoxy) is 1. The lowest BCUT2D eigenvalue weighted by Crippen LogP contribution is -2.38. The summed E-state index contributed by atoms with van der Waals surface area (Å²) >= 11 is 0. The van der Waals surface area contributed by atoms with Gasteiger partial charge in [0.15, 0.2) is 0 Å². The predicted octanol–water partition coefficient (Wildman–Crippen LogP) is 2.00. The van der Waals surface area contributed by atoms with Crippen LogP contribution >= 0.6 is 0 Å². The number of nitrogens with one attached hydrogen (secondary N) is 1. The van der Waals surface area contributed by atoms with Crippen LogP contribution in [0.4, 0.5) is 11.6 Å². The summed E-state index contributed by atoms with van der Waals surface area (Å²) in [4.78, 5) is 11.5. The van der Waals surface area contributed by atoms with Gasteiger partial charge in [-0.25, -0.2) is 9.97 Å². The molecule has 5 nitrogen and oxygen atoms in total. The molecule has 0 bridgehead atoms. The number of rotatable bonds is 4. The van der Waals surface area contributed by atoms with E-state index in [0.29, 0.717) is 6.04 Å². The minimum Gasteiger partial charge on any atom is -0.376 e. The summed E-state index contributed by atoms with van der Waals surface area (Å²) in [5, 5.41) is 3.16. The molecule has 0 saturated carbocycles. The second-order valence-corrected chi connectivity index (χ2v) is 5.08. The van der Waals surface area contributed by atoms with Crippen molar-refractivity contribution in [3.8, 4) is 0 Å². The highest BCUT2D eigenvalue weighted by atomic mass is 16.5. The zero-order valence-electron chi connectivity index (χ0n) is 12.5. The first-order valence-corrected chi connectivity index (χ1v) is 6.98. The highest BCUT2D eigenvalue weighted by Crippen LogP contribution is 2.28. The topological polar surface area (TPSA) is 50.3 Å². The van der Waals surface area contributed by atoms with Crippen molar-refractivity contribution in [3.05, 3.63) is 11.4 Å². The molecule has 2 rings (SSSR count). The summed E-state index contributed by atoms with van der Waals surface area (Å²) in [6, 6.07) is 0.392. The van der Waals surface area contributed by atoms with E-state index in [4.69, 9.17) is 9.72 Å².